The molecule has 0 radical (unpaired) electrons. The monoisotopic (exact) mass is 544 g/mol. The molecule has 1 aromatic heterocycles. The second-order valence-corrected chi connectivity index (χ2v) is 15.0. The van der Waals surface area contributed by atoms with Gasteiger partial charge in [-0.1, -0.05) is 10.6 Å². The van der Waals surface area contributed by atoms with Gasteiger partial charge >= 0.3 is 121 Å². The molecule has 0 atom stereocenters. The van der Waals surface area contributed by atoms with Crippen LogP contribution in [-0.4, -0.2) is 35.3 Å². The molecular formula is C26H20N2O2SSn. The molecule has 156 valence electrons. The molecule has 0 N–H and O–H groups in total. The molecule has 0 aliphatic carbocycles. The van der Waals surface area contributed by atoms with E-state index in [-0.39, 0.29) is 5.56 Å². The summed E-state index contributed by atoms with van der Waals surface area (Å²) in [6, 6.07) is 36.2. The number of carboxylic acid groups (broad SMARTS) is 1. The van der Waals surface area contributed by atoms with Gasteiger partial charge in [0.05, 0.1) is 10.7 Å². The molecule has 4 aromatic carbocycles. The molecule has 0 spiro atoms. The molecular weight excluding hydrogens is 523 g/mol. The van der Waals surface area contributed by atoms with E-state index in [2.05, 4.69) is 101 Å². The maximum absolute atomic E-state index is 10.6. The van der Waals surface area contributed by atoms with Gasteiger partial charge in [0, 0.05) is 5.56 Å². The summed E-state index contributed by atoms with van der Waals surface area (Å²) in [7, 11) is 0. The number of aromatic carboxylic acids is 1. The normalized spacial score (nSPS) is 10.3. The van der Waals surface area contributed by atoms with Crippen molar-refractivity contribution in [3.63, 3.8) is 0 Å². The maximum atomic E-state index is 10.6. The van der Waals surface area contributed by atoms with Crippen LogP contribution in [0.15, 0.2) is 103 Å². The van der Waals surface area contributed by atoms with Crippen LogP contribution in [0.1, 0.15) is 15.9 Å². The van der Waals surface area contributed by atoms with Crippen LogP contribution < -0.4 is 15.8 Å². The van der Waals surface area contributed by atoms with Gasteiger partial charge < -0.3 is 9.90 Å². The standard InChI is InChI=1S/C8H6N2O2S.3C6H5.Sn/c1-4-5(8(11)12)2-3-6-7(4)9-10-13-6;3*1-2-4-6-5-3-1;/h2-3H,1H3,(H,11,12);3*1-5H;/q;;;;+1/p-1. The Hall–Kier alpha value is -3.03. The Morgan fingerprint density at radius 1 is 0.750 bits per heavy atom. The second-order valence-electron chi connectivity index (χ2n) is 7.12. The summed E-state index contributed by atoms with van der Waals surface area (Å²) in [6.45, 7) is 1.70. The van der Waals surface area contributed by atoms with E-state index in [1.165, 1.54) is 28.3 Å². The van der Waals surface area contributed by atoms with E-state index >= 15 is 0 Å². The molecule has 6 heteroatoms. The molecule has 0 saturated carbocycles. The van der Waals surface area contributed by atoms with Crippen LogP contribution in [0.5, 0.6) is 0 Å². The number of rotatable bonds is 4. The van der Waals surface area contributed by atoms with Crippen molar-refractivity contribution in [1.82, 2.24) is 9.59 Å². The summed E-state index contributed by atoms with van der Waals surface area (Å²) in [6.07, 6.45) is 0. The number of aromatic nitrogens is 2. The zero-order valence-electron chi connectivity index (χ0n) is 17.4. The van der Waals surface area contributed by atoms with Crippen molar-refractivity contribution in [2.75, 3.05) is 0 Å². The van der Waals surface area contributed by atoms with Crippen molar-refractivity contribution in [3.8, 4) is 0 Å². The number of fused-ring (bicyclic) bond motifs is 1. The summed E-state index contributed by atoms with van der Waals surface area (Å²) in [5.74, 6) is -1.17. The third-order valence-corrected chi connectivity index (χ3v) is 13.6. The number of carbonyl (C=O) groups excluding carboxylic acids is 1. The first-order valence-corrected chi connectivity index (χ1v) is 15.2. The Balaban J connectivity index is 0.000000165. The van der Waals surface area contributed by atoms with Crippen molar-refractivity contribution >= 4 is 58.2 Å². The Labute approximate surface area is 198 Å². The van der Waals surface area contributed by atoms with E-state index in [1.54, 1.807) is 13.0 Å². The second kappa shape index (κ2) is 10.5. The molecule has 4 nitrogen and oxygen atoms in total. The molecule has 0 aliphatic rings. The number of aryl methyl sites for hydroxylation is 1. The number of carboxylic acids is 1. The van der Waals surface area contributed by atoms with Crippen molar-refractivity contribution in [1.29, 1.82) is 0 Å². The van der Waals surface area contributed by atoms with E-state index in [1.807, 2.05) is 0 Å². The molecule has 0 bridgehead atoms. The summed E-state index contributed by atoms with van der Waals surface area (Å²) in [4.78, 5) is 10.6. The molecule has 0 amide bonds. The third kappa shape index (κ3) is 5.06. The van der Waals surface area contributed by atoms with Gasteiger partial charge in [-0.2, -0.15) is 0 Å². The van der Waals surface area contributed by atoms with Crippen LogP contribution in [0.2, 0.25) is 0 Å². The number of hydrogen-bond donors (Lipinski definition) is 0. The van der Waals surface area contributed by atoms with Crippen LogP contribution in [-0.2, 0) is 0 Å². The summed E-state index contributed by atoms with van der Waals surface area (Å²) >= 11 is -0.734. The predicted octanol–water partition coefficient (Wildman–Crippen LogP) is 2.57. The van der Waals surface area contributed by atoms with Crippen LogP contribution in [0, 0.1) is 6.92 Å². The van der Waals surface area contributed by atoms with Crippen molar-refractivity contribution in [3.05, 3.63) is 114 Å². The van der Waals surface area contributed by atoms with Gasteiger partial charge in [-0.25, -0.2) is 0 Å². The van der Waals surface area contributed by atoms with Crippen molar-refractivity contribution in [2.24, 2.45) is 0 Å². The SMILES string of the molecule is Cc1c(C(=O)[O-])ccc2snnc12.c1cc[c]([Sn+]([c]2ccccc2)[c]2ccccc2)cc1. The molecule has 0 unspecified atom stereocenters. The zero-order valence-corrected chi connectivity index (χ0v) is 21.1. The molecule has 32 heavy (non-hydrogen) atoms. The molecule has 5 aromatic rings. The van der Waals surface area contributed by atoms with Crippen LogP contribution in [0.25, 0.3) is 10.2 Å². The summed E-state index contributed by atoms with van der Waals surface area (Å²) < 4.78 is 9.22. The fraction of sp³-hybridized carbons (Fsp3) is 0.0385. The van der Waals surface area contributed by atoms with E-state index in [4.69, 9.17) is 0 Å². The minimum absolute atomic E-state index is 0.181. The predicted molar refractivity (Wildman–Crippen MR) is 130 cm³/mol. The molecule has 0 saturated heterocycles. The van der Waals surface area contributed by atoms with Gasteiger partial charge in [0.1, 0.15) is 5.52 Å². The number of benzene rings is 4. The Morgan fingerprint density at radius 2 is 1.22 bits per heavy atom. The first-order valence-electron chi connectivity index (χ1n) is 10.1. The fourth-order valence-electron chi connectivity index (χ4n) is 3.51. The van der Waals surface area contributed by atoms with E-state index in [0.717, 1.165) is 4.70 Å². The number of nitrogens with zero attached hydrogens (tertiary/aromatic N) is 2. The van der Waals surface area contributed by atoms with Gasteiger partial charge in [0.15, 0.2) is 0 Å². The first kappa shape index (κ1) is 22.2. The van der Waals surface area contributed by atoms with Gasteiger partial charge in [-0.15, -0.1) is 5.10 Å². The van der Waals surface area contributed by atoms with Crippen LogP contribution >= 0.6 is 11.5 Å². The summed E-state index contributed by atoms with van der Waals surface area (Å²) in [5, 5.41) is 14.5. The third-order valence-electron chi connectivity index (χ3n) is 5.08. The quantitative estimate of drug-likeness (QED) is 0.327. The average Bonchev–Trinajstić information content (AvgIpc) is 3.32. The Kier molecular flexibility index (Phi) is 7.29. The van der Waals surface area contributed by atoms with Gasteiger partial charge in [-0.05, 0) is 30.1 Å². The van der Waals surface area contributed by atoms with Crippen LogP contribution in [0.3, 0.4) is 0 Å². The number of hydrogen-bond acceptors (Lipinski definition) is 5. The Bertz CT molecular complexity index is 1220. The fourth-order valence-corrected chi connectivity index (χ4v) is 11.5. The molecule has 5 rings (SSSR count). The van der Waals surface area contributed by atoms with Crippen molar-refractivity contribution < 1.29 is 9.90 Å². The topological polar surface area (TPSA) is 65.9 Å². The van der Waals surface area contributed by atoms with Gasteiger partial charge in [0.2, 0.25) is 0 Å². The van der Waals surface area contributed by atoms with E-state index < -0.39 is 25.7 Å². The summed E-state index contributed by atoms with van der Waals surface area (Å²) in [5.41, 5.74) is 1.44. The Morgan fingerprint density at radius 3 is 1.66 bits per heavy atom. The van der Waals surface area contributed by atoms with Crippen LogP contribution in [0.4, 0.5) is 0 Å². The average molecular weight is 543 g/mol. The molecule has 1 heterocycles. The zero-order chi connectivity index (χ0) is 22.3. The van der Waals surface area contributed by atoms with E-state index in [9.17, 15) is 9.90 Å². The van der Waals surface area contributed by atoms with E-state index in [0.29, 0.717) is 11.1 Å². The van der Waals surface area contributed by atoms with Crippen molar-refractivity contribution in [2.45, 2.75) is 6.92 Å². The minimum atomic E-state index is -1.98. The first-order chi connectivity index (χ1) is 15.6. The number of carbonyl (C=O) groups is 1. The molecule has 0 aliphatic heterocycles. The van der Waals surface area contributed by atoms with Gasteiger partial charge in [0.25, 0.3) is 0 Å². The molecule has 0 fully saturated rings. The van der Waals surface area contributed by atoms with Gasteiger partial charge in [-0.3, -0.25) is 0 Å².